The van der Waals surface area contributed by atoms with E-state index in [0.29, 0.717) is 24.8 Å². The molecule has 6 nitrogen and oxygen atoms in total. The quantitative estimate of drug-likeness (QED) is 0.630. The van der Waals surface area contributed by atoms with Gasteiger partial charge in [-0.25, -0.2) is 4.79 Å². The van der Waals surface area contributed by atoms with Gasteiger partial charge in [-0.3, -0.25) is 4.79 Å². The highest BCUT2D eigenvalue weighted by Gasteiger charge is 2.22. The standard InChI is InChI=1S/C18H22O6/c1-11-7-14(20)9-13(19)6-4-2-3-5-12-8-15(21)10-16(22)17(12)18(23)24-11/h3,5,8,10-11,14,20-22H,2,4,6-7,9H2,1H3/b5-3-. The van der Waals surface area contributed by atoms with Crippen molar-refractivity contribution < 1.29 is 29.6 Å². The number of benzene rings is 1. The van der Waals surface area contributed by atoms with Gasteiger partial charge in [0.2, 0.25) is 0 Å². The lowest BCUT2D eigenvalue weighted by atomic mass is 10.0. The first-order valence-electron chi connectivity index (χ1n) is 8.00. The van der Waals surface area contributed by atoms with E-state index in [2.05, 4.69) is 0 Å². The first-order chi connectivity index (χ1) is 11.4. The molecule has 24 heavy (non-hydrogen) atoms. The van der Waals surface area contributed by atoms with Gasteiger partial charge in [-0.2, -0.15) is 0 Å². The van der Waals surface area contributed by atoms with Gasteiger partial charge in [-0.15, -0.1) is 0 Å². The molecule has 1 heterocycles. The maximum Gasteiger partial charge on any atom is 0.342 e. The van der Waals surface area contributed by atoms with Crippen LogP contribution in [0.5, 0.6) is 11.5 Å². The Morgan fingerprint density at radius 1 is 1.21 bits per heavy atom. The van der Waals surface area contributed by atoms with Crippen LogP contribution >= 0.6 is 0 Å². The highest BCUT2D eigenvalue weighted by Crippen LogP contribution is 2.30. The molecule has 3 N–H and O–H groups in total. The summed E-state index contributed by atoms with van der Waals surface area (Å²) in [7, 11) is 0. The van der Waals surface area contributed by atoms with Gasteiger partial charge >= 0.3 is 5.97 Å². The Labute approximate surface area is 140 Å². The van der Waals surface area contributed by atoms with Gasteiger partial charge in [0.25, 0.3) is 0 Å². The van der Waals surface area contributed by atoms with E-state index in [9.17, 15) is 24.9 Å². The Kier molecular flexibility index (Phi) is 5.98. The molecule has 0 aliphatic carbocycles. The molecule has 0 saturated carbocycles. The van der Waals surface area contributed by atoms with Crippen molar-refractivity contribution in [2.45, 2.75) is 51.2 Å². The van der Waals surface area contributed by atoms with Crippen molar-refractivity contribution in [1.82, 2.24) is 0 Å². The van der Waals surface area contributed by atoms with Crippen molar-refractivity contribution in [3.8, 4) is 11.5 Å². The molecular formula is C18H22O6. The van der Waals surface area contributed by atoms with Gasteiger partial charge in [0.05, 0.1) is 6.10 Å². The van der Waals surface area contributed by atoms with Crippen molar-refractivity contribution in [2.24, 2.45) is 0 Å². The van der Waals surface area contributed by atoms with Crippen LogP contribution in [0.25, 0.3) is 6.08 Å². The maximum atomic E-state index is 12.3. The van der Waals surface area contributed by atoms with Crippen LogP contribution in [0.1, 0.15) is 54.9 Å². The van der Waals surface area contributed by atoms with Crippen LogP contribution in [0, 0.1) is 0 Å². The molecule has 130 valence electrons. The number of Topliss-reactive ketones (excluding diaryl/α,β-unsaturated/α-hetero) is 1. The zero-order chi connectivity index (χ0) is 17.7. The minimum Gasteiger partial charge on any atom is -0.508 e. The Morgan fingerprint density at radius 2 is 1.96 bits per heavy atom. The average Bonchev–Trinajstić information content (AvgIpc) is 2.44. The molecule has 0 saturated heterocycles. The first-order valence-corrected chi connectivity index (χ1v) is 8.00. The fourth-order valence-corrected chi connectivity index (χ4v) is 2.74. The molecule has 1 aliphatic heterocycles. The van der Waals surface area contributed by atoms with Crippen molar-refractivity contribution in [3.05, 3.63) is 29.3 Å². The third kappa shape index (κ3) is 4.83. The number of rotatable bonds is 0. The number of ketones is 1. The average molecular weight is 334 g/mol. The van der Waals surface area contributed by atoms with Crippen LogP contribution in [0.4, 0.5) is 0 Å². The first kappa shape index (κ1) is 18.0. The number of hydrogen-bond donors (Lipinski definition) is 3. The Balaban J connectivity index is 2.34. The molecule has 0 fully saturated rings. The third-order valence-electron chi connectivity index (χ3n) is 3.84. The largest absolute Gasteiger partial charge is 0.508 e. The summed E-state index contributed by atoms with van der Waals surface area (Å²) >= 11 is 0. The number of aliphatic hydroxyl groups is 1. The highest BCUT2D eigenvalue weighted by atomic mass is 16.5. The van der Waals surface area contributed by atoms with E-state index in [-0.39, 0.29) is 35.7 Å². The van der Waals surface area contributed by atoms with Crippen molar-refractivity contribution >= 4 is 17.8 Å². The summed E-state index contributed by atoms with van der Waals surface area (Å²) in [5.41, 5.74) is 0.312. The number of esters is 1. The lowest BCUT2D eigenvalue weighted by Gasteiger charge is -2.18. The SMILES string of the molecule is CC1CC(O)CC(=O)CCC/C=C\c2cc(O)cc(O)c2C(=O)O1. The van der Waals surface area contributed by atoms with Gasteiger partial charge in [-0.05, 0) is 31.4 Å². The summed E-state index contributed by atoms with van der Waals surface area (Å²) in [5.74, 6) is -1.30. The number of carbonyl (C=O) groups excluding carboxylic acids is 2. The molecule has 2 unspecified atom stereocenters. The molecule has 0 radical (unpaired) electrons. The number of hydrogen-bond acceptors (Lipinski definition) is 6. The Morgan fingerprint density at radius 3 is 2.71 bits per heavy atom. The number of phenols is 2. The van der Waals surface area contributed by atoms with E-state index >= 15 is 0 Å². The van der Waals surface area contributed by atoms with E-state index in [1.54, 1.807) is 19.1 Å². The van der Waals surface area contributed by atoms with Gasteiger partial charge in [0.1, 0.15) is 28.9 Å². The molecular weight excluding hydrogens is 312 g/mol. The molecule has 2 atom stereocenters. The summed E-state index contributed by atoms with van der Waals surface area (Å²) in [6.45, 7) is 1.62. The number of fused-ring (bicyclic) bond motifs is 1. The molecule has 0 amide bonds. The van der Waals surface area contributed by atoms with Crippen molar-refractivity contribution in [3.63, 3.8) is 0 Å². The maximum absolute atomic E-state index is 12.3. The van der Waals surface area contributed by atoms with E-state index in [1.807, 2.05) is 0 Å². The third-order valence-corrected chi connectivity index (χ3v) is 3.84. The van der Waals surface area contributed by atoms with E-state index in [1.165, 1.54) is 6.07 Å². The number of allylic oxidation sites excluding steroid dienone is 1. The molecule has 0 spiro atoms. The lowest BCUT2D eigenvalue weighted by molar-refractivity contribution is -0.121. The Hall–Kier alpha value is -2.34. The zero-order valence-corrected chi connectivity index (χ0v) is 13.6. The normalized spacial score (nSPS) is 24.6. The van der Waals surface area contributed by atoms with Crippen LogP contribution in [-0.4, -0.2) is 39.3 Å². The number of ether oxygens (including phenoxy) is 1. The van der Waals surface area contributed by atoms with Crippen LogP contribution in [0.3, 0.4) is 0 Å². The fraction of sp³-hybridized carbons (Fsp3) is 0.444. The van der Waals surface area contributed by atoms with Crippen LogP contribution in [0.2, 0.25) is 0 Å². The summed E-state index contributed by atoms with van der Waals surface area (Å²) in [4.78, 5) is 24.1. The summed E-state index contributed by atoms with van der Waals surface area (Å²) in [5, 5.41) is 29.5. The number of phenolic OH excluding ortho intramolecular Hbond substituents is 2. The van der Waals surface area contributed by atoms with Crippen LogP contribution in [-0.2, 0) is 9.53 Å². The fourth-order valence-electron chi connectivity index (χ4n) is 2.74. The minimum absolute atomic E-state index is 0.0258. The van der Waals surface area contributed by atoms with Crippen molar-refractivity contribution in [1.29, 1.82) is 0 Å². The topological polar surface area (TPSA) is 104 Å². The second-order valence-corrected chi connectivity index (χ2v) is 6.07. The van der Waals surface area contributed by atoms with Gasteiger partial charge in [0.15, 0.2) is 0 Å². The van der Waals surface area contributed by atoms with E-state index in [4.69, 9.17) is 4.74 Å². The molecule has 6 heteroatoms. The second-order valence-electron chi connectivity index (χ2n) is 6.07. The number of aromatic hydroxyl groups is 2. The van der Waals surface area contributed by atoms with Crippen LogP contribution in [0.15, 0.2) is 18.2 Å². The van der Waals surface area contributed by atoms with Gasteiger partial charge < -0.3 is 20.1 Å². The number of aliphatic hydroxyl groups excluding tert-OH is 1. The van der Waals surface area contributed by atoms with Gasteiger partial charge in [0, 0.05) is 25.3 Å². The second kappa shape index (κ2) is 7.97. The summed E-state index contributed by atoms with van der Waals surface area (Å²) in [6.07, 6.45) is 3.68. The molecule has 0 bridgehead atoms. The number of cyclic esters (lactones) is 1. The van der Waals surface area contributed by atoms with E-state index < -0.39 is 18.2 Å². The highest BCUT2D eigenvalue weighted by molar-refractivity contribution is 5.97. The predicted octanol–water partition coefficient (Wildman–Crippen LogP) is 2.55. The summed E-state index contributed by atoms with van der Waals surface area (Å²) in [6, 6.07) is 2.44. The molecule has 1 aliphatic rings. The number of carbonyl (C=O) groups is 2. The lowest BCUT2D eigenvalue weighted by Crippen LogP contribution is -2.23. The molecule has 1 aromatic carbocycles. The van der Waals surface area contributed by atoms with Crippen LogP contribution < -0.4 is 0 Å². The summed E-state index contributed by atoms with van der Waals surface area (Å²) < 4.78 is 5.26. The van der Waals surface area contributed by atoms with Gasteiger partial charge in [-0.1, -0.05) is 12.2 Å². The predicted molar refractivity (Wildman–Crippen MR) is 87.8 cm³/mol. The minimum atomic E-state index is -0.869. The smallest absolute Gasteiger partial charge is 0.342 e. The monoisotopic (exact) mass is 334 g/mol. The molecule has 2 rings (SSSR count). The zero-order valence-electron chi connectivity index (χ0n) is 13.6. The molecule has 1 aromatic rings. The van der Waals surface area contributed by atoms with Crippen molar-refractivity contribution in [2.75, 3.05) is 0 Å². The van der Waals surface area contributed by atoms with E-state index in [0.717, 1.165) is 6.07 Å². The Bertz CT molecular complexity index is 649. The molecule has 0 aromatic heterocycles.